The van der Waals surface area contributed by atoms with Crippen molar-refractivity contribution in [3.05, 3.63) is 65.6 Å². The maximum atomic E-state index is 4.35. The molecule has 0 saturated heterocycles. The van der Waals surface area contributed by atoms with Crippen molar-refractivity contribution >= 4 is 35.6 Å². The summed E-state index contributed by atoms with van der Waals surface area (Å²) in [7, 11) is 1.80. The molecule has 0 unspecified atom stereocenters. The number of benzene rings is 1. The van der Waals surface area contributed by atoms with E-state index in [0.29, 0.717) is 6.54 Å². The van der Waals surface area contributed by atoms with Crippen molar-refractivity contribution in [3.63, 3.8) is 0 Å². The van der Waals surface area contributed by atoms with Crippen LogP contribution in [0, 0.1) is 6.92 Å². The normalized spacial score (nSPS) is 15.3. The smallest absolute Gasteiger partial charge is 0.191 e. The van der Waals surface area contributed by atoms with Crippen LogP contribution in [-0.4, -0.2) is 34.2 Å². The second kappa shape index (κ2) is 8.24. The Kier molecular flexibility index (Phi) is 5.98. The largest absolute Gasteiger partial charge is 0.356 e. The Morgan fingerprint density at radius 3 is 2.63 bits per heavy atom. The van der Waals surface area contributed by atoms with Crippen molar-refractivity contribution in [2.24, 2.45) is 4.99 Å². The molecule has 0 spiro atoms. The molecule has 0 aliphatic heterocycles. The van der Waals surface area contributed by atoms with Crippen LogP contribution in [0.25, 0.3) is 5.65 Å². The van der Waals surface area contributed by atoms with Gasteiger partial charge in [-0.1, -0.05) is 30.3 Å². The third kappa shape index (κ3) is 4.07. The molecule has 1 saturated carbocycles. The number of hydrogen-bond donors (Lipinski definition) is 2. The molecule has 27 heavy (non-hydrogen) atoms. The summed E-state index contributed by atoms with van der Waals surface area (Å²) in [5, 5.41) is 15.3. The first-order chi connectivity index (χ1) is 12.7. The molecule has 0 bridgehead atoms. The molecule has 0 atom stereocenters. The Bertz CT molecular complexity index is 944. The lowest BCUT2D eigenvalue weighted by atomic mass is 9.92. The first-order valence-electron chi connectivity index (χ1n) is 9.01. The summed E-state index contributed by atoms with van der Waals surface area (Å²) in [6, 6.07) is 14.6. The number of fused-ring (bicyclic) bond motifs is 1. The van der Waals surface area contributed by atoms with Crippen molar-refractivity contribution in [1.82, 2.24) is 25.2 Å². The second-order valence-corrected chi connectivity index (χ2v) is 6.92. The SMILES string of the molecule is CN=C(NCc1nnc2ccccn12)NCC1(c2ccccc2C)CC1.I. The van der Waals surface area contributed by atoms with E-state index in [1.165, 1.54) is 24.0 Å². The number of aliphatic imine (C=N–C) groups is 1. The van der Waals surface area contributed by atoms with E-state index in [1.807, 2.05) is 28.8 Å². The van der Waals surface area contributed by atoms with Crippen molar-refractivity contribution in [2.75, 3.05) is 13.6 Å². The second-order valence-electron chi connectivity index (χ2n) is 6.92. The molecule has 2 N–H and O–H groups in total. The number of nitrogens with zero attached hydrogens (tertiary/aromatic N) is 4. The zero-order valence-corrected chi connectivity index (χ0v) is 18.0. The maximum Gasteiger partial charge on any atom is 0.191 e. The van der Waals surface area contributed by atoms with Crippen molar-refractivity contribution in [2.45, 2.75) is 31.7 Å². The molecule has 7 heteroatoms. The van der Waals surface area contributed by atoms with Gasteiger partial charge < -0.3 is 10.6 Å². The average molecular weight is 476 g/mol. The molecule has 1 fully saturated rings. The van der Waals surface area contributed by atoms with E-state index in [-0.39, 0.29) is 29.4 Å². The lowest BCUT2D eigenvalue weighted by Gasteiger charge is -2.20. The predicted molar refractivity (Wildman–Crippen MR) is 119 cm³/mol. The van der Waals surface area contributed by atoms with Crippen LogP contribution in [0.4, 0.5) is 0 Å². The summed E-state index contributed by atoms with van der Waals surface area (Å²) in [6.45, 7) is 3.65. The minimum absolute atomic E-state index is 0. The van der Waals surface area contributed by atoms with Crippen LogP contribution in [-0.2, 0) is 12.0 Å². The Balaban J connectivity index is 0.00000210. The molecule has 3 aromatic rings. The number of nitrogens with one attached hydrogen (secondary N) is 2. The number of pyridine rings is 1. The molecule has 2 heterocycles. The molecule has 1 aliphatic carbocycles. The lowest BCUT2D eigenvalue weighted by molar-refractivity contribution is 0.639. The first-order valence-corrected chi connectivity index (χ1v) is 9.01. The molecular weight excluding hydrogens is 451 g/mol. The van der Waals surface area contributed by atoms with Crippen LogP contribution in [0.3, 0.4) is 0 Å². The van der Waals surface area contributed by atoms with Crippen molar-refractivity contribution in [3.8, 4) is 0 Å². The average Bonchev–Trinajstić information content (AvgIpc) is 3.35. The lowest BCUT2D eigenvalue weighted by Crippen LogP contribution is -2.41. The first kappa shape index (κ1) is 19.6. The molecular formula is C20H25IN6. The highest BCUT2D eigenvalue weighted by atomic mass is 127. The Hall–Kier alpha value is -2.16. The topological polar surface area (TPSA) is 66.6 Å². The molecule has 142 valence electrons. The van der Waals surface area contributed by atoms with E-state index in [2.05, 4.69) is 57.0 Å². The molecule has 1 aromatic carbocycles. The molecule has 4 rings (SSSR count). The highest BCUT2D eigenvalue weighted by molar-refractivity contribution is 14.0. The van der Waals surface area contributed by atoms with Crippen molar-refractivity contribution in [1.29, 1.82) is 0 Å². The highest BCUT2D eigenvalue weighted by Crippen LogP contribution is 2.48. The van der Waals surface area contributed by atoms with Crippen LogP contribution in [0.1, 0.15) is 29.8 Å². The van der Waals surface area contributed by atoms with Gasteiger partial charge in [-0.05, 0) is 43.0 Å². The van der Waals surface area contributed by atoms with E-state index in [0.717, 1.165) is 24.0 Å². The van der Waals surface area contributed by atoms with Crippen molar-refractivity contribution < 1.29 is 0 Å². The minimum Gasteiger partial charge on any atom is -0.356 e. The quantitative estimate of drug-likeness (QED) is 0.338. The van der Waals surface area contributed by atoms with Crippen LogP contribution < -0.4 is 10.6 Å². The summed E-state index contributed by atoms with van der Waals surface area (Å²) in [5.41, 5.74) is 3.91. The summed E-state index contributed by atoms with van der Waals surface area (Å²) >= 11 is 0. The van der Waals surface area contributed by atoms with Gasteiger partial charge in [0.1, 0.15) is 0 Å². The predicted octanol–water partition coefficient (Wildman–Crippen LogP) is 3.05. The Morgan fingerprint density at radius 2 is 1.89 bits per heavy atom. The van der Waals surface area contributed by atoms with Crippen LogP contribution in [0.15, 0.2) is 53.7 Å². The number of halogens is 1. The van der Waals surface area contributed by atoms with E-state index in [9.17, 15) is 0 Å². The summed E-state index contributed by atoms with van der Waals surface area (Å²) < 4.78 is 1.98. The van der Waals surface area contributed by atoms with Crippen LogP contribution in [0.5, 0.6) is 0 Å². The van der Waals surface area contributed by atoms with Gasteiger partial charge in [0.05, 0.1) is 6.54 Å². The molecule has 1 aliphatic rings. The summed E-state index contributed by atoms with van der Waals surface area (Å²) in [5.74, 6) is 1.65. The van der Waals surface area contributed by atoms with Gasteiger partial charge >= 0.3 is 0 Å². The fourth-order valence-corrected chi connectivity index (χ4v) is 3.51. The van der Waals surface area contributed by atoms with Gasteiger partial charge in [0.2, 0.25) is 0 Å². The molecule has 0 amide bonds. The fraction of sp³-hybridized carbons (Fsp3) is 0.350. The number of rotatable bonds is 5. The standard InChI is InChI=1S/C20H24N6.HI/c1-15-7-3-4-8-16(15)20(10-11-20)14-23-19(21-2)22-13-18-25-24-17-9-5-6-12-26(17)18;/h3-9,12H,10-11,13-14H2,1-2H3,(H2,21,22,23);1H. The minimum atomic E-state index is 0. The highest BCUT2D eigenvalue weighted by Gasteiger charge is 2.44. The maximum absolute atomic E-state index is 4.35. The van der Waals surface area contributed by atoms with Gasteiger partial charge in [0.15, 0.2) is 17.4 Å². The van der Waals surface area contributed by atoms with E-state index in [1.54, 1.807) is 7.05 Å². The number of hydrogen-bond acceptors (Lipinski definition) is 3. The van der Waals surface area contributed by atoms with Gasteiger partial charge in [0, 0.05) is 25.2 Å². The monoisotopic (exact) mass is 476 g/mol. The van der Waals surface area contributed by atoms with Gasteiger partial charge in [-0.3, -0.25) is 9.39 Å². The van der Waals surface area contributed by atoms with E-state index in [4.69, 9.17) is 0 Å². The molecule has 2 aromatic heterocycles. The Labute approximate surface area is 176 Å². The van der Waals surface area contributed by atoms with Crippen LogP contribution >= 0.6 is 24.0 Å². The third-order valence-corrected chi connectivity index (χ3v) is 5.19. The van der Waals surface area contributed by atoms with E-state index < -0.39 is 0 Å². The molecule has 6 nitrogen and oxygen atoms in total. The van der Waals surface area contributed by atoms with Gasteiger partial charge in [-0.15, -0.1) is 34.2 Å². The third-order valence-electron chi connectivity index (χ3n) is 5.19. The molecule has 0 radical (unpaired) electrons. The fourth-order valence-electron chi connectivity index (χ4n) is 3.51. The van der Waals surface area contributed by atoms with Crippen LogP contribution in [0.2, 0.25) is 0 Å². The Morgan fingerprint density at radius 1 is 1.11 bits per heavy atom. The summed E-state index contributed by atoms with van der Waals surface area (Å²) in [4.78, 5) is 4.35. The number of guanidine groups is 1. The van der Waals surface area contributed by atoms with Gasteiger partial charge in [-0.2, -0.15) is 0 Å². The van der Waals surface area contributed by atoms with Gasteiger partial charge in [0.25, 0.3) is 0 Å². The summed E-state index contributed by atoms with van der Waals surface area (Å²) in [6.07, 6.45) is 4.41. The zero-order valence-electron chi connectivity index (χ0n) is 15.6. The number of aryl methyl sites for hydroxylation is 1. The van der Waals surface area contributed by atoms with E-state index >= 15 is 0 Å². The zero-order chi connectivity index (χ0) is 18.0. The number of aromatic nitrogens is 3. The van der Waals surface area contributed by atoms with Gasteiger partial charge in [-0.25, -0.2) is 0 Å².